The van der Waals surface area contributed by atoms with Gasteiger partial charge in [0.25, 0.3) is 0 Å². The van der Waals surface area contributed by atoms with Gasteiger partial charge in [0.1, 0.15) is 11.9 Å². The highest BCUT2D eigenvalue weighted by atomic mass is 16.5. The first-order valence-electron chi connectivity index (χ1n) is 5.31. The van der Waals surface area contributed by atoms with Crippen LogP contribution in [0.3, 0.4) is 0 Å². The van der Waals surface area contributed by atoms with Crippen molar-refractivity contribution in [2.24, 2.45) is 0 Å². The summed E-state index contributed by atoms with van der Waals surface area (Å²) >= 11 is 0. The minimum Gasteiger partial charge on any atom is -0.488 e. The highest BCUT2D eigenvalue weighted by molar-refractivity contribution is 5.32. The van der Waals surface area contributed by atoms with Crippen molar-refractivity contribution in [2.75, 3.05) is 6.61 Å². The normalized spacial score (nSPS) is 13.7. The molecule has 0 fully saturated rings. The number of hydrogen-bond donors (Lipinski definition) is 1. The molecule has 0 saturated heterocycles. The number of rotatable bonds is 3. The maximum Gasteiger partial charge on any atom is 0.120 e. The molecule has 0 aromatic heterocycles. The first kappa shape index (κ1) is 12.1. The molecule has 0 radical (unpaired) electrons. The van der Waals surface area contributed by atoms with E-state index in [1.54, 1.807) is 0 Å². The Balaban J connectivity index is 2.84. The largest absolute Gasteiger partial charge is 0.488 e. The topological polar surface area (TPSA) is 29.5 Å². The van der Waals surface area contributed by atoms with Crippen LogP contribution in [-0.4, -0.2) is 17.8 Å². The van der Waals surface area contributed by atoms with Gasteiger partial charge in [0.2, 0.25) is 0 Å². The molecule has 84 valence electrons. The van der Waals surface area contributed by atoms with Gasteiger partial charge in [-0.2, -0.15) is 0 Å². The van der Waals surface area contributed by atoms with Crippen LogP contribution in [0.25, 0.3) is 0 Å². The zero-order chi connectivity index (χ0) is 11.5. The summed E-state index contributed by atoms with van der Waals surface area (Å²) in [5, 5.41) is 8.90. The molecule has 0 aliphatic heterocycles. The van der Waals surface area contributed by atoms with Crippen molar-refractivity contribution >= 4 is 0 Å². The average molecular weight is 208 g/mol. The molecule has 0 bridgehead atoms. The van der Waals surface area contributed by atoms with Crippen LogP contribution in [0.2, 0.25) is 0 Å². The monoisotopic (exact) mass is 208 g/mol. The molecule has 0 spiro atoms. The Morgan fingerprint density at radius 2 is 2.00 bits per heavy atom. The average Bonchev–Trinajstić information content (AvgIpc) is 2.17. The number of aliphatic hydroxyl groups is 1. The van der Waals surface area contributed by atoms with Crippen molar-refractivity contribution in [2.45, 2.75) is 39.2 Å². The molecule has 1 atom stereocenters. The van der Waals surface area contributed by atoms with E-state index in [1.807, 2.05) is 25.1 Å². The molecule has 1 aromatic carbocycles. The van der Waals surface area contributed by atoms with Gasteiger partial charge in [0.15, 0.2) is 0 Å². The number of ether oxygens (including phenoxy) is 1. The first-order valence-corrected chi connectivity index (χ1v) is 5.31. The molecule has 0 aliphatic rings. The summed E-state index contributed by atoms with van der Waals surface area (Å²) in [5.74, 6) is 0.823. The second-order valence-electron chi connectivity index (χ2n) is 4.89. The maximum absolute atomic E-state index is 8.90. The van der Waals surface area contributed by atoms with Crippen LogP contribution in [-0.2, 0) is 5.41 Å². The van der Waals surface area contributed by atoms with E-state index in [0.29, 0.717) is 0 Å². The van der Waals surface area contributed by atoms with Gasteiger partial charge in [0, 0.05) is 0 Å². The lowest BCUT2D eigenvalue weighted by Crippen LogP contribution is -2.17. The van der Waals surface area contributed by atoms with Crippen LogP contribution in [0.5, 0.6) is 5.75 Å². The smallest absolute Gasteiger partial charge is 0.120 e. The fourth-order valence-electron chi connectivity index (χ4n) is 1.31. The van der Waals surface area contributed by atoms with E-state index >= 15 is 0 Å². The predicted molar refractivity (Wildman–Crippen MR) is 62.3 cm³/mol. The molecular formula is C13H20O2. The van der Waals surface area contributed by atoms with Gasteiger partial charge >= 0.3 is 0 Å². The Hall–Kier alpha value is -1.02. The van der Waals surface area contributed by atoms with Crippen LogP contribution in [0.15, 0.2) is 24.3 Å². The lowest BCUT2D eigenvalue weighted by Gasteiger charge is -2.20. The van der Waals surface area contributed by atoms with E-state index < -0.39 is 0 Å². The van der Waals surface area contributed by atoms with E-state index in [2.05, 4.69) is 26.8 Å². The van der Waals surface area contributed by atoms with Gasteiger partial charge in [-0.05, 0) is 30.0 Å². The van der Waals surface area contributed by atoms with Gasteiger partial charge in [-0.15, -0.1) is 0 Å². The van der Waals surface area contributed by atoms with E-state index in [4.69, 9.17) is 9.84 Å². The highest BCUT2D eigenvalue weighted by Gasteiger charge is 2.14. The first-order chi connectivity index (χ1) is 6.93. The van der Waals surface area contributed by atoms with Crippen molar-refractivity contribution in [3.63, 3.8) is 0 Å². The zero-order valence-corrected chi connectivity index (χ0v) is 9.95. The fraction of sp³-hybridized carbons (Fsp3) is 0.538. The van der Waals surface area contributed by atoms with Gasteiger partial charge in [0.05, 0.1) is 6.61 Å². The van der Waals surface area contributed by atoms with Gasteiger partial charge in [-0.3, -0.25) is 0 Å². The van der Waals surface area contributed by atoms with Crippen molar-refractivity contribution < 1.29 is 9.84 Å². The summed E-state index contributed by atoms with van der Waals surface area (Å²) < 4.78 is 5.55. The van der Waals surface area contributed by atoms with Crippen molar-refractivity contribution in [3.05, 3.63) is 29.8 Å². The molecule has 0 saturated carbocycles. The van der Waals surface area contributed by atoms with Crippen LogP contribution in [0, 0.1) is 0 Å². The third-order valence-electron chi connectivity index (χ3n) is 2.29. The third-order valence-corrected chi connectivity index (χ3v) is 2.29. The molecule has 2 heteroatoms. The van der Waals surface area contributed by atoms with Gasteiger partial charge < -0.3 is 9.84 Å². The van der Waals surface area contributed by atoms with E-state index in [9.17, 15) is 0 Å². The lowest BCUT2D eigenvalue weighted by atomic mass is 9.87. The second-order valence-corrected chi connectivity index (χ2v) is 4.89. The Morgan fingerprint density at radius 1 is 1.33 bits per heavy atom. The van der Waals surface area contributed by atoms with E-state index in [0.717, 1.165) is 5.75 Å². The Morgan fingerprint density at radius 3 is 2.53 bits per heavy atom. The quantitative estimate of drug-likeness (QED) is 0.827. The number of aliphatic hydroxyl groups excluding tert-OH is 1. The molecule has 0 aliphatic carbocycles. The van der Waals surface area contributed by atoms with Crippen molar-refractivity contribution in [1.82, 2.24) is 0 Å². The van der Waals surface area contributed by atoms with Crippen LogP contribution in [0.1, 0.15) is 33.3 Å². The Labute approximate surface area is 91.9 Å². The van der Waals surface area contributed by atoms with Crippen molar-refractivity contribution in [3.8, 4) is 5.75 Å². The van der Waals surface area contributed by atoms with Crippen LogP contribution in [0.4, 0.5) is 0 Å². The summed E-state index contributed by atoms with van der Waals surface area (Å²) in [6.07, 6.45) is -0.153. The minimum atomic E-state index is -0.153. The second kappa shape index (κ2) is 4.67. The van der Waals surface area contributed by atoms with E-state index in [1.165, 1.54) is 5.56 Å². The minimum absolute atomic E-state index is 0.0414. The van der Waals surface area contributed by atoms with Crippen LogP contribution >= 0.6 is 0 Å². The van der Waals surface area contributed by atoms with Crippen molar-refractivity contribution in [1.29, 1.82) is 0 Å². The zero-order valence-electron chi connectivity index (χ0n) is 9.95. The standard InChI is InChI=1S/C13H20O2/c1-10(9-14)15-12-7-5-6-11(8-12)13(2,3)4/h5-8,10,14H,9H2,1-4H3. The number of benzene rings is 1. The Kier molecular flexibility index (Phi) is 3.75. The number of hydrogen-bond acceptors (Lipinski definition) is 2. The summed E-state index contributed by atoms with van der Waals surface area (Å²) in [6, 6.07) is 8.03. The molecule has 1 N–H and O–H groups in total. The van der Waals surface area contributed by atoms with Gasteiger partial charge in [-0.25, -0.2) is 0 Å². The summed E-state index contributed by atoms with van der Waals surface area (Å²) in [4.78, 5) is 0. The van der Waals surface area contributed by atoms with E-state index in [-0.39, 0.29) is 18.1 Å². The third kappa shape index (κ3) is 3.56. The van der Waals surface area contributed by atoms with Crippen LogP contribution < -0.4 is 4.74 Å². The lowest BCUT2D eigenvalue weighted by molar-refractivity contribution is 0.129. The highest BCUT2D eigenvalue weighted by Crippen LogP contribution is 2.25. The molecule has 1 rings (SSSR count). The summed E-state index contributed by atoms with van der Waals surface area (Å²) in [7, 11) is 0. The molecule has 1 unspecified atom stereocenters. The summed E-state index contributed by atoms with van der Waals surface area (Å²) in [5.41, 5.74) is 1.37. The maximum atomic E-state index is 8.90. The molecule has 0 heterocycles. The Bertz CT molecular complexity index is 313. The molecule has 15 heavy (non-hydrogen) atoms. The fourth-order valence-corrected chi connectivity index (χ4v) is 1.31. The molecule has 1 aromatic rings. The van der Waals surface area contributed by atoms with Gasteiger partial charge in [-0.1, -0.05) is 32.9 Å². The molecule has 0 amide bonds. The molecular weight excluding hydrogens is 188 g/mol. The molecule has 2 nitrogen and oxygen atoms in total. The predicted octanol–water partition coefficient (Wildman–Crippen LogP) is 2.74. The SMILES string of the molecule is CC(CO)Oc1cccc(C(C)(C)C)c1. The summed E-state index contributed by atoms with van der Waals surface area (Å²) in [6.45, 7) is 8.40.